The lowest BCUT2D eigenvalue weighted by molar-refractivity contribution is -0.274. The van der Waals surface area contributed by atoms with Crippen molar-refractivity contribution >= 4 is 17.5 Å². The van der Waals surface area contributed by atoms with Crippen LogP contribution in [0.2, 0.25) is 0 Å². The van der Waals surface area contributed by atoms with Crippen molar-refractivity contribution in [1.29, 1.82) is 0 Å². The van der Waals surface area contributed by atoms with E-state index in [4.69, 9.17) is 0 Å². The largest absolute Gasteiger partial charge is 0.573 e. The van der Waals surface area contributed by atoms with Crippen LogP contribution < -0.4 is 15.4 Å². The normalized spacial score (nSPS) is 15.5. The lowest BCUT2D eigenvalue weighted by Gasteiger charge is -2.20. The van der Waals surface area contributed by atoms with E-state index in [9.17, 15) is 22.8 Å². The Morgan fingerprint density at radius 1 is 1.04 bits per heavy atom. The van der Waals surface area contributed by atoms with Crippen LogP contribution in [0, 0.1) is 5.92 Å². The summed E-state index contributed by atoms with van der Waals surface area (Å²) in [6.07, 6.45) is 1.27. The molecule has 0 aliphatic heterocycles. The minimum absolute atomic E-state index is 0.157. The maximum absolute atomic E-state index is 12.1. The number of rotatable bonds is 6. The molecule has 1 aromatic carbocycles. The van der Waals surface area contributed by atoms with Crippen molar-refractivity contribution in [3.8, 4) is 5.75 Å². The van der Waals surface area contributed by atoms with E-state index < -0.39 is 12.3 Å². The van der Waals surface area contributed by atoms with Crippen molar-refractivity contribution in [1.82, 2.24) is 5.32 Å². The first-order valence-corrected chi connectivity index (χ1v) is 8.24. The van der Waals surface area contributed by atoms with E-state index in [-0.39, 0.29) is 18.2 Å². The van der Waals surface area contributed by atoms with E-state index in [0.717, 1.165) is 37.8 Å². The molecule has 0 spiro atoms. The standard InChI is InChI=1S/C17H21F3N2O3/c18-17(19,20)25-14-8-6-13(7-9-14)22-16(24)11-21-15(23)10-12-4-2-1-3-5-12/h6-9,12H,1-5,10-11H2,(H,21,23)(H,22,24). The van der Waals surface area contributed by atoms with Crippen molar-refractivity contribution in [3.05, 3.63) is 24.3 Å². The van der Waals surface area contributed by atoms with E-state index in [0.29, 0.717) is 18.0 Å². The smallest absolute Gasteiger partial charge is 0.406 e. The summed E-state index contributed by atoms with van der Waals surface area (Å²) in [6, 6.07) is 4.79. The van der Waals surface area contributed by atoms with Gasteiger partial charge in [0.25, 0.3) is 0 Å². The lowest BCUT2D eigenvalue weighted by atomic mass is 9.87. The van der Waals surface area contributed by atoms with Crippen molar-refractivity contribution in [2.75, 3.05) is 11.9 Å². The Kier molecular flexibility index (Phi) is 6.66. The third kappa shape index (κ3) is 7.45. The zero-order valence-electron chi connectivity index (χ0n) is 13.7. The molecule has 2 N–H and O–H groups in total. The average molecular weight is 358 g/mol. The summed E-state index contributed by atoms with van der Waals surface area (Å²) < 4.78 is 39.9. The van der Waals surface area contributed by atoms with Crippen LogP contribution in [-0.2, 0) is 9.59 Å². The molecule has 0 bridgehead atoms. The molecule has 0 aromatic heterocycles. The second-order valence-electron chi connectivity index (χ2n) is 6.11. The second-order valence-corrected chi connectivity index (χ2v) is 6.11. The number of benzene rings is 1. The molecule has 5 nitrogen and oxygen atoms in total. The van der Waals surface area contributed by atoms with Gasteiger partial charge in [0.1, 0.15) is 5.75 Å². The number of nitrogens with one attached hydrogen (secondary N) is 2. The third-order valence-corrected chi connectivity index (χ3v) is 4.02. The van der Waals surface area contributed by atoms with Crippen LogP contribution in [0.4, 0.5) is 18.9 Å². The number of alkyl halides is 3. The first-order chi connectivity index (χ1) is 11.8. The van der Waals surface area contributed by atoms with Crippen LogP contribution in [0.15, 0.2) is 24.3 Å². The third-order valence-electron chi connectivity index (χ3n) is 4.02. The molecule has 1 aliphatic rings. The molecule has 2 amide bonds. The summed E-state index contributed by atoms with van der Waals surface area (Å²) in [5.74, 6) is -0.582. The summed E-state index contributed by atoms with van der Waals surface area (Å²) >= 11 is 0. The Hall–Kier alpha value is -2.25. The zero-order valence-corrected chi connectivity index (χ0v) is 13.7. The second kappa shape index (κ2) is 8.73. The van der Waals surface area contributed by atoms with Gasteiger partial charge in [0, 0.05) is 12.1 Å². The van der Waals surface area contributed by atoms with Gasteiger partial charge in [0.2, 0.25) is 11.8 Å². The molecule has 138 valence electrons. The molecule has 1 saturated carbocycles. The topological polar surface area (TPSA) is 67.4 Å². The SMILES string of the molecule is O=C(CC1CCCCC1)NCC(=O)Nc1ccc(OC(F)(F)F)cc1. The van der Waals surface area contributed by atoms with Gasteiger partial charge in [0.05, 0.1) is 6.54 Å². The first-order valence-electron chi connectivity index (χ1n) is 8.24. The number of ether oxygens (including phenoxy) is 1. The highest BCUT2D eigenvalue weighted by Crippen LogP contribution is 2.26. The number of amides is 2. The number of carbonyl (C=O) groups excluding carboxylic acids is 2. The molecular formula is C17H21F3N2O3. The van der Waals surface area contributed by atoms with Crippen LogP contribution in [-0.4, -0.2) is 24.7 Å². The van der Waals surface area contributed by atoms with E-state index in [1.54, 1.807) is 0 Å². The predicted molar refractivity (Wildman–Crippen MR) is 86.0 cm³/mol. The van der Waals surface area contributed by atoms with Gasteiger partial charge < -0.3 is 15.4 Å². The maximum atomic E-state index is 12.1. The fraction of sp³-hybridized carbons (Fsp3) is 0.529. The van der Waals surface area contributed by atoms with Crippen LogP contribution >= 0.6 is 0 Å². The number of anilines is 1. The molecule has 25 heavy (non-hydrogen) atoms. The Balaban J connectivity index is 1.71. The fourth-order valence-electron chi connectivity index (χ4n) is 2.85. The summed E-state index contributed by atoms with van der Waals surface area (Å²) in [7, 11) is 0. The monoisotopic (exact) mass is 358 g/mol. The molecule has 1 aliphatic carbocycles. The molecule has 0 radical (unpaired) electrons. The molecule has 0 atom stereocenters. The van der Waals surface area contributed by atoms with Crippen molar-refractivity contribution in [3.63, 3.8) is 0 Å². The lowest BCUT2D eigenvalue weighted by Crippen LogP contribution is -2.34. The summed E-state index contributed by atoms with van der Waals surface area (Å²) in [5, 5.41) is 5.07. The van der Waals surface area contributed by atoms with Gasteiger partial charge in [-0.1, -0.05) is 19.3 Å². The van der Waals surface area contributed by atoms with Gasteiger partial charge in [0.15, 0.2) is 0 Å². The van der Waals surface area contributed by atoms with Crippen LogP contribution in [0.1, 0.15) is 38.5 Å². The number of carbonyl (C=O) groups is 2. The summed E-state index contributed by atoms with van der Waals surface area (Å²) in [6.45, 7) is -0.174. The van der Waals surface area contributed by atoms with E-state index in [1.807, 2.05) is 0 Å². The molecule has 0 heterocycles. The van der Waals surface area contributed by atoms with Crippen molar-refractivity contribution in [2.24, 2.45) is 5.92 Å². The molecule has 0 saturated heterocycles. The Morgan fingerprint density at radius 3 is 2.28 bits per heavy atom. The van der Waals surface area contributed by atoms with Crippen LogP contribution in [0.5, 0.6) is 5.75 Å². The molecule has 1 aromatic rings. The van der Waals surface area contributed by atoms with Crippen molar-refractivity contribution in [2.45, 2.75) is 44.9 Å². The van der Waals surface area contributed by atoms with E-state index in [2.05, 4.69) is 15.4 Å². The molecular weight excluding hydrogens is 337 g/mol. The van der Waals surface area contributed by atoms with Crippen molar-refractivity contribution < 1.29 is 27.5 Å². The highest BCUT2D eigenvalue weighted by molar-refractivity contribution is 5.94. The van der Waals surface area contributed by atoms with Gasteiger partial charge in [-0.05, 0) is 43.0 Å². The van der Waals surface area contributed by atoms with Crippen LogP contribution in [0.25, 0.3) is 0 Å². The molecule has 1 fully saturated rings. The average Bonchev–Trinajstić information content (AvgIpc) is 2.54. The predicted octanol–water partition coefficient (Wildman–Crippen LogP) is 3.61. The summed E-state index contributed by atoms with van der Waals surface area (Å²) in [5.41, 5.74) is 0.320. The molecule has 0 unspecified atom stereocenters. The zero-order chi connectivity index (χ0) is 18.3. The molecule has 2 rings (SSSR count). The Bertz CT molecular complexity index is 582. The number of hydrogen-bond acceptors (Lipinski definition) is 3. The Labute approximate surface area is 143 Å². The fourth-order valence-corrected chi connectivity index (χ4v) is 2.85. The minimum Gasteiger partial charge on any atom is -0.406 e. The van der Waals surface area contributed by atoms with Gasteiger partial charge in [-0.15, -0.1) is 13.2 Å². The maximum Gasteiger partial charge on any atom is 0.573 e. The minimum atomic E-state index is -4.76. The van der Waals surface area contributed by atoms with E-state index in [1.165, 1.54) is 18.6 Å². The number of halogens is 3. The van der Waals surface area contributed by atoms with Gasteiger partial charge in [-0.3, -0.25) is 9.59 Å². The highest BCUT2D eigenvalue weighted by atomic mass is 19.4. The van der Waals surface area contributed by atoms with Crippen LogP contribution in [0.3, 0.4) is 0 Å². The molecule has 8 heteroatoms. The summed E-state index contributed by atoms with van der Waals surface area (Å²) in [4.78, 5) is 23.6. The first kappa shape index (κ1) is 19.1. The quantitative estimate of drug-likeness (QED) is 0.816. The van der Waals surface area contributed by atoms with Gasteiger partial charge >= 0.3 is 6.36 Å². The Morgan fingerprint density at radius 2 is 1.68 bits per heavy atom. The van der Waals surface area contributed by atoms with Gasteiger partial charge in [-0.2, -0.15) is 0 Å². The number of hydrogen-bond donors (Lipinski definition) is 2. The highest BCUT2D eigenvalue weighted by Gasteiger charge is 2.30. The van der Waals surface area contributed by atoms with Gasteiger partial charge in [-0.25, -0.2) is 0 Å². The van der Waals surface area contributed by atoms with E-state index >= 15 is 0 Å².